The molecule has 0 fully saturated rings. The van der Waals surface area contributed by atoms with Crippen molar-refractivity contribution in [2.75, 3.05) is 33.7 Å². The topological polar surface area (TPSA) is 74.2 Å². The molecule has 6 nitrogen and oxygen atoms in total. The summed E-state index contributed by atoms with van der Waals surface area (Å²) in [5, 5.41) is 9.15. The lowest BCUT2D eigenvalue weighted by atomic mass is 10.3. The largest absolute Gasteiger partial charge is 0.429 e. The molecule has 0 aromatic rings. The van der Waals surface area contributed by atoms with Gasteiger partial charge in [-0.2, -0.15) is 0 Å². The molecule has 0 bridgehead atoms. The molecule has 1 atom stereocenters. The van der Waals surface area contributed by atoms with Crippen LogP contribution >= 0.6 is 0 Å². The molecule has 0 spiro atoms. The Morgan fingerprint density at radius 2 is 2.27 bits per heavy atom. The van der Waals surface area contributed by atoms with Gasteiger partial charge in [0.1, 0.15) is 6.79 Å². The van der Waals surface area contributed by atoms with Crippen LogP contribution in [0, 0.1) is 0 Å². The fourth-order valence-corrected chi connectivity index (χ4v) is 0.975. The Hall–Kier alpha value is -0.950. The van der Waals surface area contributed by atoms with Gasteiger partial charge in [0.25, 0.3) is 0 Å². The van der Waals surface area contributed by atoms with Gasteiger partial charge in [-0.15, -0.1) is 0 Å². The minimum Gasteiger partial charge on any atom is -0.429 e. The van der Waals surface area contributed by atoms with E-state index in [1.54, 1.807) is 7.11 Å². The van der Waals surface area contributed by atoms with Crippen molar-refractivity contribution < 1.29 is 28.8 Å². The Morgan fingerprint density at radius 3 is 2.87 bits per heavy atom. The van der Waals surface area contributed by atoms with Crippen molar-refractivity contribution in [1.82, 2.24) is 0 Å². The lowest BCUT2D eigenvalue weighted by Gasteiger charge is -2.08. The monoisotopic (exact) mass is 218 g/mol. The molecule has 1 aliphatic heterocycles. The molecule has 15 heavy (non-hydrogen) atoms. The highest BCUT2D eigenvalue weighted by Gasteiger charge is 2.23. The maximum absolute atomic E-state index is 10.7. The van der Waals surface area contributed by atoms with Gasteiger partial charge in [-0.1, -0.05) is 0 Å². The number of aliphatic hydroxyl groups excluding tert-OH is 1. The molecule has 0 saturated carbocycles. The molecule has 6 heteroatoms. The van der Waals surface area contributed by atoms with Gasteiger partial charge in [-0.05, 0) is 0 Å². The average molecular weight is 218 g/mol. The second-order valence-corrected chi connectivity index (χ2v) is 2.88. The Bertz CT molecular complexity index is 237. The third-order valence-electron chi connectivity index (χ3n) is 1.72. The average Bonchev–Trinajstić information content (AvgIpc) is 2.51. The molecular formula is C9H14O6. The fraction of sp³-hybridized carbons (Fsp3) is 0.667. The van der Waals surface area contributed by atoms with Crippen LogP contribution in [-0.2, 0) is 23.7 Å². The zero-order chi connectivity index (χ0) is 11.1. The molecule has 0 saturated heterocycles. The van der Waals surface area contributed by atoms with Crippen molar-refractivity contribution in [2.45, 2.75) is 6.29 Å². The minimum absolute atomic E-state index is 0.0849. The molecular weight excluding hydrogens is 204 g/mol. The second-order valence-electron chi connectivity index (χ2n) is 2.88. The van der Waals surface area contributed by atoms with E-state index >= 15 is 0 Å². The molecule has 1 rings (SSSR count). The summed E-state index contributed by atoms with van der Waals surface area (Å²) < 4.78 is 19.3. The number of carbonyl (C=O) groups is 1. The van der Waals surface area contributed by atoms with Gasteiger partial charge in [0, 0.05) is 18.8 Å². The van der Waals surface area contributed by atoms with Crippen LogP contribution in [0.15, 0.2) is 11.6 Å². The van der Waals surface area contributed by atoms with Gasteiger partial charge in [0.05, 0.1) is 19.8 Å². The Balaban J connectivity index is 2.05. The molecule has 1 unspecified atom stereocenters. The molecule has 86 valence electrons. The van der Waals surface area contributed by atoms with E-state index < -0.39 is 12.3 Å². The molecule has 0 amide bonds. The number of methoxy groups -OCH3 is 1. The zero-order valence-electron chi connectivity index (χ0n) is 8.47. The maximum Gasteiger partial charge on any atom is 0.333 e. The van der Waals surface area contributed by atoms with Crippen molar-refractivity contribution in [3.63, 3.8) is 0 Å². The third-order valence-corrected chi connectivity index (χ3v) is 1.72. The van der Waals surface area contributed by atoms with Gasteiger partial charge < -0.3 is 24.1 Å². The highest BCUT2D eigenvalue weighted by molar-refractivity contribution is 5.85. The van der Waals surface area contributed by atoms with Crippen LogP contribution in [0.3, 0.4) is 0 Å². The summed E-state index contributed by atoms with van der Waals surface area (Å²) in [5.74, 6) is -0.554. The second kappa shape index (κ2) is 6.52. The fourth-order valence-electron chi connectivity index (χ4n) is 0.975. The highest BCUT2D eigenvalue weighted by atomic mass is 16.7. The van der Waals surface area contributed by atoms with Crippen LogP contribution in [0.2, 0.25) is 0 Å². The lowest BCUT2D eigenvalue weighted by molar-refractivity contribution is -0.152. The van der Waals surface area contributed by atoms with Crippen LogP contribution < -0.4 is 0 Å². The first kappa shape index (κ1) is 12.1. The summed E-state index contributed by atoms with van der Waals surface area (Å²) >= 11 is 0. The standard InChI is InChI=1S/C9H14O6/c1-12-2-3-13-6-14-5-7-4-8(10)15-9(7)11/h4,9,11H,2-3,5-6H2,1H3. The van der Waals surface area contributed by atoms with Crippen LogP contribution in [-0.4, -0.2) is 51.1 Å². The lowest BCUT2D eigenvalue weighted by Crippen LogP contribution is -2.15. The van der Waals surface area contributed by atoms with Gasteiger partial charge >= 0.3 is 5.97 Å². The summed E-state index contributed by atoms with van der Waals surface area (Å²) in [6, 6.07) is 0. The van der Waals surface area contributed by atoms with E-state index in [-0.39, 0.29) is 13.4 Å². The minimum atomic E-state index is -1.18. The zero-order valence-corrected chi connectivity index (χ0v) is 8.47. The number of ether oxygens (including phenoxy) is 4. The molecule has 1 aliphatic rings. The van der Waals surface area contributed by atoms with Crippen LogP contribution in [0.1, 0.15) is 0 Å². The van der Waals surface area contributed by atoms with Crippen LogP contribution in [0.4, 0.5) is 0 Å². The Kier molecular flexibility index (Phi) is 5.27. The quantitative estimate of drug-likeness (QED) is 0.350. The van der Waals surface area contributed by atoms with Gasteiger partial charge in [0.2, 0.25) is 6.29 Å². The van der Waals surface area contributed by atoms with E-state index in [4.69, 9.17) is 19.3 Å². The van der Waals surface area contributed by atoms with Gasteiger partial charge in [-0.3, -0.25) is 0 Å². The summed E-state index contributed by atoms with van der Waals surface area (Å²) in [5.41, 5.74) is 0.398. The van der Waals surface area contributed by atoms with E-state index in [9.17, 15) is 4.79 Å². The maximum atomic E-state index is 10.7. The van der Waals surface area contributed by atoms with E-state index in [1.807, 2.05) is 0 Å². The molecule has 0 aromatic carbocycles. The Labute approximate surface area is 87.4 Å². The molecule has 0 radical (unpaired) electrons. The van der Waals surface area contributed by atoms with Crippen molar-refractivity contribution in [3.05, 3.63) is 11.6 Å². The Morgan fingerprint density at radius 1 is 1.47 bits per heavy atom. The predicted octanol–water partition coefficient (Wildman–Crippen LogP) is -0.575. The number of cyclic esters (lactones) is 1. The highest BCUT2D eigenvalue weighted by Crippen LogP contribution is 2.12. The first-order valence-electron chi connectivity index (χ1n) is 4.47. The predicted molar refractivity (Wildman–Crippen MR) is 48.8 cm³/mol. The van der Waals surface area contributed by atoms with Gasteiger partial charge in [0.15, 0.2) is 0 Å². The van der Waals surface area contributed by atoms with E-state index in [0.717, 1.165) is 0 Å². The molecule has 0 aliphatic carbocycles. The smallest absolute Gasteiger partial charge is 0.333 e. The number of hydrogen-bond donors (Lipinski definition) is 1. The van der Waals surface area contributed by atoms with Crippen molar-refractivity contribution in [1.29, 1.82) is 0 Å². The van der Waals surface area contributed by atoms with Crippen LogP contribution in [0.25, 0.3) is 0 Å². The molecule has 0 aromatic heterocycles. The summed E-state index contributed by atoms with van der Waals surface area (Å²) in [6.07, 6.45) is 0.0243. The van der Waals surface area contributed by atoms with Crippen molar-refractivity contribution in [2.24, 2.45) is 0 Å². The molecule has 1 heterocycles. The normalized spacial score (nSPS) is 20.3. The first-order chi connectivity index (χ1) is 7.24. The van der Waals surface area contributed by atoms with E-state index in [2.05, 4.69) is 4.74 Å². The number of carbonyl (C=O) groups excluding carboxylic acids is 1. The summed E-state index contributed by atoms with van der Waals surface area (Å²) in [7, 11) is 1.58. The summed E-state index contributed by atoms with van der Waals surface area (Å²) in [4.78, 5) is 10.7. The number of esters is 1. The van der Waals surface area contributed by atoms with Crippen molar-refractivity contribution in [3.8, 4) is 0 Å². The third kappa shape index (κ3) is 4.39. The number of hydrogen-bond acceptors (Lipinski definition) is 6. The molecule has 1 N–H and O–H groups in total. The SMILES string of the molecule is COCCOCOCC1=CC(=O)OC1O. The number of rotatable bonds is 7. The van der Waals surface area contributed by atoms with E-state index in [0.29, 0.717) is 18.8 Å². The van der Waals surface area contributed by atoms with Crippen LogP contribution in [0.5, 0.6) is 0 Å². The van der Waals surface area contributed by atoms with E-state index in [1.165, 1.54) is 6.08 Å². The number of aliphatic hydroxyl groups is 1. The van der Waals surface area contributed by atoms with Crippen molar-refractivity contribution >= 4 is 5.97 Å². The first-order valence-corrected chi connectivity index (χ1v) is 4.47. The van der Waals surface area contributed by atoms with Gasteiger partial charge in [-0.25, -0.2) is 4.79 Å². The summed E-state index contributed by atoms with van der Waals surface area (Å²) in [6.45, 7) is 1.13.